The number of hydrogen-bond donors (Lipinski definition) is 1. The van der Waals surface area contributed by atoms with Crippen LogP contribution in [-0.2, 0) is 0 Å². The molecule has 1 N–H and O–H groups in total. The van der Waals surface area contributed by atoms with E-state index < -0.39 is 0 Å². The van der Waals surface area contributed by atoms with E-state index in [0.29, 0.717) is 17.9 Å². The van der Waals surface area contributed by atoms with Gasteiger partial charge in [0.1, 0.15) is 16.2 Å². The maximum atomic E-state index is 4.63. The zero-order valence-electron chi connectivity index (χ0n) is 11.4. The zero-order valence-corrected chi connectivity index (χ0v) is 13.0. The van der Waals surface area contributed by atoms with Crippen molar-refractivity contribution in [1.29, 1.82) is 0 Å². The van der Waals surface area contributed by atoms with Gasteiger partial charge in [-0.2, -0.15) is 0 Å². The minimum Gasteiger partial charge on any atom is -0.367 e. The molecule has 1 fully saturated rings. The number of rotatable bonds is 6. The highest BCUT2D eigenvalue weighted by atomic mass is 79.9. The molecule has 0 spiro atoms. The van der Waals surface area contributed by atoms with E-state index in [1.165, 1.54) is 25.7 Å². The molecule has 0 saturated heterocycles. The average molecular weight is 312 g/mol. The highest BCUT2D eigenvalue weighted by Crippen LogP contribution is 2.38. The van der Waals surface area contributed by atoms with Crippen molar-refractivity contribution >= 4 is 21.7 Å². The predicted molar refractivity (Wildman–Crippen MR) is 78.9 cm³/mol. The summed E-state index contributed by atoms with van der Waals surface area (Å²) in [6.45, 7) is 6.74. The Hall–Kier alpha value is -0.640. The molecular formula is C14H22BrN3. The first-order valence-electron chi connectivity index (χ1n) is 6.95. The monoisotopic (exact) mass is 311 g/mol. The van der Waals surface area contributed by atoms with Crippen LogP contribution in [0.1, 0.15) is 58.2 Å². The summed E-state index contributed by atoms with van der Waals surface area (Å²) in [4.78, 5) is 9.09. The summed E-state index contributed by atoms with van der Waals surface area (Å²) in [7, 11) is 0. The second-order valence-electron chi connectivity index (χ2n) is 5.22. The summed E-state index contributed by atoms with van der Waals surface area (Å²) >= 11 is 3.48. The fourth-order valence-corrected chi connectivity index (χ4v) is 2.78. The van der Waals surface area contributed by atoms with Crippen LogP contribution in [0.4, 0.5) is 5.82 Å². The minimum absolute atomic E-state index is 0.453. The molecule has 0 aromatic carbocycles. The Morgan fingerprint density at radius 1 is 1.33 bits per heavy atom. The van der Waals surface area contributed by atoms with Gasteiger partial charge in [0, 0.05) is 18.0 Å². The molecule has 1 aliphatic carbocycles. The Morgan fingerprint density at radius 3 is 2.56 bits per heavy atom. The largest absolute Gasteiger partial charge is 0.367 e. The van der Waals surface area contributed by atoms with Crippen molar-refractivity contribution in [3.05, 3.63) is 16.5 Å². The van der Waals surface area contributed by atoms with Crippen LogP contribution in [0.5, 0.6) is 0 Å². The van der Waals surface area contributed by atoms with E-state index in [-0.39, 0.29) is 0 Å². The molecule has 1 aliphatic rings. The van der Waals surface area contributed by atoms with Crippen LogP contribution in [0, 0.1) is 5.92 Å². The molecule has 1 unspecified atom stereocenters. The fourth-order valence-electron chi connectivity index (χ4n) is 2.38. The van der Waals surface area contributed by atoms with Crippen molar-refractivity contribution in [3.8, 4) is 0 Å². The highest BCUT2D eigenvalue weighted by Gasteiger charge is 2.27. The lowest BCUT2D eigenvalue weighted by atomic mass is 9.95. The van der Waals surface area contributed by atoms with Gasteiger partial charge in [-0.05, 0) is 41.6 Å². The van der Waals surface area contributed by atoms with E-state index in [0.717, 1.165) is 16.2 Å². The molecule has 1 aromatic rings. The fraction of sp³-hybridized carbons (Fsp3) is 0.714. The van der Waals surface area contributed by atoms with E-state index in [1.54, 1.807) is 0 Å². The summed E-state index contributed by atoms with van der Waals surface area (Å²) in [5.74, 6) is 3.23. The molecule has 0 bridgehead atoms. The predicted octanol–water partition coefficient (Wildman–Crippen LogP) is 4.35. The molecule has 1 saturated carbocycles. The van der Waals surface area contributed by atoms with E-state index >= 15 is 0 Å². The van der Waals surface area contributed by atoms with Gasteiger partial charge in [0.2, 0.25) is 0 Å². The summed E-state index contributed by atoms with van der Waals surface area (Å²) in [6, 6.07) is 2.43. The molecule has 100 valence electrons. The molecule has 2 rings (SSSR count). The molecule has 0 amide bonds. The first-order valence-corrected chi connectivity index (χ1v) is 7.74. The molecule has 0 aliphatic heterocycles. The van der Waals surface area contributed by atoms with Crippen molar-refractivity contribution in [2.24, 2.45) is 5.92 Å². The van der Waals surface area contributed by atoms with Crippen LogP contribution in [-0.4, -0.2) is 16.0 Å². The standard InChI is InChI=1S/C14H22BrN3/c1-4-10(5-2)9(3)16-13-8-12(15)17-14(18-13)11-6-7-11/h8-11H,4-7H2,1-3H3,(H,16,17,18). The SMILES string of the molecule is CCC(CC)C(C)Nc1cc(Br)nc(C2CC2)n1. The Balaban J connectivity index is 2.08. The maximum Gasteiger partial charge on any atom is 0.135 e. The lowest BCUT2D eigenvalue weighted by molar-refractivity contribution is 0.437. The third-order valence-electron chi connectivity index (χ3n) is 3.79. The van der Waals surface area contributed by atoms with Gasteiger partial charge >= 0.3 is 0 Å². The first-order chi connectivity index (χ1) is 8.63. The molecule has 1 atom stereocenters. The van der Waals surface area contributed by atoms with Crippen LogP contribution >= 0.6 is 15.9 Å². The quantitative estimate of drug-likeness (QED) is 0.793. The summed E-state index contributed by atoms with van der Waals surface area (Å²) in [6.07, 6.45) is 4.87. The second kappa shape index (κ2) is 6.00. The lowest BCUT2D eigenvalue weighted by Gasteiger charge is -2.23. The lowest BCUT2D eigenvalue weighted by Crippen LogP contribution is -2.25. The van der Waals surface area contributed by atoms with Gasteiger partial charge in [-0.25, -0.2) is 9.97 Å². The van der Waals surface area contributed by atoms with E-state index in [4.69, 9.17) is 0 Å². The number of nitrogens with zero attached hydrogens (tertiary/aromatic N) is 2. The van der Waals surface area contributed by atoms with Gasteiger partial charge < -0.3 is 5.32 Å². The Kier molecular flexibility index (Phi) is 4.60. The normalized spacial score (nSPS) is 16.9. The van der Waals surface area contributed by atoms with Crippen molar-refractivity contribution in [2.45, 2.75) is 58.4 Å². The number of halogens is 1. The molecule has 3 nitrogen and oxygen atoms in total. The molecule has 1 aromatic heterocycles. The Morgan fingerprint density at radius 2 is 2.00 bits per heavy atom. The molecule has 0 radical (unpaired) electrons. The van der Waals surface area contributed by atoms with Gasteiger partial charge in [-0.1, -0.05) is 26.7 Å². The minimum atomic E-state index is 0.453. The van der Waals surface area contributed by atoms with E-state index in [9.17, 15) is 0 Å². The number of anilines is 1. The van der Waals surface area contributed by atoms with Crippen LogP contribution in [0.25, 0.3) is 0 Å². The molecule has 4 heteroatoms. The van der Waals surface area contributed by atoms with Gasteiger partial charge in [-0.3, -0.25) is 0 Å². The summed E-state index contributed by atoms with van der Waals surface area (Å²) in [5.41, 5.74) is 0. The van der Waals surface area contributed by atoms with Gasteiger partial charge in [0.15, 0.2) is 0 Å². The van der Waals surface area contributed by atoms with Crippen molar-refractivity contribution in [1.82, 2.24) is 9.97 Å². The molecule has 18 heavy (non-hydrogen) atoms. The van der Waals surface area contributed by atoms with Crippen molar-refractivity contribution in [3.63, 3.8) is 0 Å². The topological polar surface area (TPSA) is 37.8 Å². The number of nitrogens with one attached hydrogen (secondary N) is 1. The Labute approximate surface area is 118 Å². The second-order valence-corrected chi connectivity index (χ2v) is 6.03. The third-order valence-corrected chi connectivity index (χ3v) is 4.19. The molecular weight excluding hydrogens is 290 g/mol. The Bertz CT molecular complexity index is 400. The van der Waals surface area contributed by atoms with Crippen LogP contribution in [0.2, 0.25) is 0 Å². The van der Waals surface area contributed by atoms with Crippen molar-refractivity contribution in [2.75, 3.05) is 5.32 Å². The molecule has 1 heterocycles. The average Bonchev–Trinajstić information content (AvgIpc) is 3.13. The highest BCUT2D eigenvalue weighted by molar-refractivity contribution is 9.10. The van der Waals surface area contributed by atoms with E-state index in [2.05, 4.69) is 52.0 Å². The number of hydrogen-bond acceptors (Lipinski definition) is 3. The van der Waals surface area contributed by atoms with E-state index in [1.807, 2.05) is 6.07 Å². The van der Waals surface area contributed by atoms with Gasteiger partial charge in [-0.15, -0.1) is 0 Å². The van der Waals surface area contributed by atoms with Crippen LogP contribution < -0.4 is 5.32 Å². The number of aromatic nitrogens is 2. The summed E-state index contributed by atoms with van der Waals surface area (Å²) < 4.78 is 0.888. The van der Waals surface area contributed by atoms with Gasteiger partial charge in [0.05, 0.1) is 0 Å². The zero-order chi connectivity index (χ0) is 13.1. The third kappa shape index (κ3) is 3.44. The van der Waals surface area contributed by atoms with Crippen LogP contribution in [0.3, 0.4) is 0 Å². The van der Waals surface area contributed by atoms with Crippen molar-refractivity contribution < 1.29 is 0 Å². The summed E-state index contributed by atoms with van der Waals surface area (Å²) in [5, 5.41) is 3.53. The maximum absolute atomic E-state index is 4.63. The van der Waals surface area contributed by atoms with Gasteiger partial charge in [0.25, 0.3) is 0 Å². The van der Waals surface area contributed by atoms with Crippen LogP contribution in [0.15, 0.2) is 10.7 Å². The smallest absolute Gasteiger partial charge is 0.135 e. The first kappa shape index (κ1) is 13.8.